The van der Waals surface area contributed by atoms with Gasteiger partial charge >= 0.3 is 0 Å². The fourth-order valence-electron chi connectivity index (χ4n) is 2.16. The van der Waals surface area contributed by atoms with Crippen molar-refractivity contribution < 1.29 is 0 Å². The summed E-state index contributed by atoms with van der Waals surface area (Å²) in [6, 6.07) is 6.32. The van der Waals surface area contributed by atoms with Crippen LogP contribution in [-0.2, 0) is 6.54 Å². The number of rotatable bonds is 2. The van der Waals surface area contributed by atoms with E-state index in [1.807, 2.05) is 30.0 Å². The number of nitrogen functional groups attached to an aromatic ring is 1. The van der Waals surface area contributed by atoms with E-state index in [2.05, 4.69) is 18.7 Å². The molecule has 0 aromatic heterocycles. The van der Waals surface area contributed by atoms with Crippen LogP contribution in [0.4, 0.5) is 5.69 Å². The van der Waals surface area contributed by atoms with Crippen molar-refractivity contribution in [3.8, 4) is 0 Å². The second-order valence-electron chi connectivity index (χ2n) is 4.59. The maximum absolute atomic E-state index is 6.22. The van der Waals surface area contributed by atoms with Crippen LogP contribution in [0.25, 0.3) is 0 Å². The van der Waals surface area contributed by atoms with Gasteiger partial charge in [-0.15, -0.1) is 0 Å². The maximum Gasteiger partial charge on any atom is 0.0471 e. The van der Waals surface area contributed by atoms with Crippen LogP contribution in [0.2, 0.25) is 5.02 Å². The summed E-state index contributed by atoms with van der Waals surface area (Å²) in [6.07, 6.45) is 0. The minimum absolute atomic E-state index is 0.574. The van der Waals surface area contributed by atoms with Crippen LogP contribution >= 0.6 is 23.4 Å². The molecule has 1 aliphatic rings. The van der Waals surface area contributed by atoms with E-state index < -0.39 is 0 Å². The van der Waals surface area contributed by atoms with E-state index in [1.54, 1.807) is 0 Å². The van der Waals surface area contributed by atoms with Gasteiger partial charge in [0.1, 0.15) is 0 Å². The minimum atomic E-state index is 0.574. The van der Waals surface area contributed by atoms with Gasteiger partial charge in [0, 0.05) is 46.4 Å². The molecule has 1 aliphatic heterocycles. The third-order valence-corrected chi connectivity index (χ3v) is 5.22. The summed E-state index contributed by atoms with van der Waals surface area (Å²) in [5, 5.41) is 1.45. The minimum Gasteiger partial charge on any atom is -0.398 e. The topological polar surface area (TPSA) is 29.3 Å². The van der Waals surface area contributed by atoms with E-state index in [9.17, 15) is 0 Å². The van der Waals surface area contributed by atoms with Crippen LogP contribution in [0.15, 0.2) is 18.2 Å². The van der Waals surface area contributed by atoms with Gasteiger partial charge in [-0.05, 0) is 19.1 Å². The fraction of sp³-hybridized carbons (Fsp3) is 0.538. The molecular formula is C13H19ClN2S. The van der Waals surface area contributed by atoms with E-state index in [4.69, 9.17) is 17.3 Å². The molecule has 4 heteroatoms. The Morgan fingerprint density at radius 2 is 2.24 bits per heavy atom. The highest BCUT2D eigenvalue weighted by molar-refractivity contribution is 8.00. The first-order valence-corrected chi connectivity index (χ1v) is 7.41. The zero-order chi connectivity index (χ0) is 12.4. The molecule has 0 aliphatic carbocycles. The lowest BCUT2D eigenvalue weighted by atomic mass is 10.1. The Kier molecular flexibility index (Phi) is 4.23. The lowest BCUT2D eigenvalue weighted by Crippen LogP contribution is -2.44. The van der Waals surface area contributed by atoms with E-state index in [0.29, 0.717) is 11.3 Å². The summed E-state index contributed by atoms with van der Waals surface area (Å²) in [7, 11) is 0. The molecule has 1 aromatic carbocycles. The molecule has 1 fully saturated rings. The standard InChI is InChI=1S/C13H19ClN2S/c1-9-10(2)17-7-6-16(9)8-11-12(14)4-3-5-13(11)15/h3-5,9-10H,6-8,15H2,1-2H3. The molecule has 0 saturated carbocycles. The Bertz CT molecular complexity index is 377. The van der Waals surface area contributed by atoms with Crippen molar-refractivity contribution in [2.24, 2.45) is 0 Å². The first-order valence-electron chi connectivity index (χ1n) is 5.98. The Labute approximate surface area is 113 Å². The first-order chi connectivity index (χ1) is 8.09. The van der Waals surface area contributed by atoms with Crippen LogP contribution in [-0.4, -0.2) is 28.5 Å². The molecule has 2 N–H and O–H groups in total. The lowest BCUT2D eigenvalue weighted by molar-refractivity contribution is 0.205. The fourth-order valence-corrected chi connectivity index (χ4v) is 3.57. The molecule has 1 aromatic rings. The number of nitrogens with zero attached hydrogens (tertiary/aromatic N) is 1. The molecular weight excluding hydrogens is 252 g/mol. The largest absolute Gasteiger partial charge is 0.398 e. The normalized spacial score (nSPS) is 26.1. The Morgan fingerprint density at radius 3 is 2.94 bits per heavy atom. The predicted molar refractivity (Wildman–Crippen MR) is 77.7 cm³/mol. The number of anilines is 1. The van der Waals surface area contributed by atoms with Crippen molar-refractivity contribution in [2.75, 3.05) is 18.0 Å². The summed E-state index contributed by atoms with van der Waals surface area (Å²) in [4.78, 5) is 2.47. The van der Waals surface area contributed by atoms with Gasteiger partial charge in [0.15, 0.2) is 0 Å². The molecule has 17 heavy (non-hydrogen) atoms. The SMILES string of the molecule is CC1SCCN(Cc2c(N)cccc2Cl)C1C. The third-order valence-electron chi connectivity index (χ3n) is 3.53. The van der Waals surface area contributed by atoms with E-state index >= 15 is 0 Å². The van der Waals surface area contributed by atoms with Gasteiger partial charge in [0.05, 0.1) is 0 Å². The number of nitrogens with two attached hydrogens (primary N) is 1. The number of hydrogen-bond donors (Lipinski definition) is 1. The maximum atomic E-state index is 6.22. The molecule has 2 rings (SSSR count). The van der Waals surface area contributed by atoms with Crippen LogP contribution in [0.1, 0.15) is 19.4 Å². The average molecular weight is 271 g/mol. The Balaban J connectivity index is 2.15. The molecule has 2 unspecified atom stereocenters. The predicted octanol–water partition coefficient (Wildman–Crippen LogP) is 3.25. The number of thioether (sulfide) groups is 1. The molecule has 0 radical (unpaired) electrons. The van der Waals surface area contributed by atoms with Crippen molar-refractivity contribution in [1.29, 1.82) is 0 Å². The second kappa shape index (κ2) is 5.51. The number of benzene rings is 1. The van der Waals surface area contributed by atoms with Crippen LogP contribution < -0.4 is 5.73 Å². The summed E-state index contributed by atoms with van der Waals surface area (Å²) in [6.45, 7) is 6.54. The zero-order valence-electron chi connectivity index (χ0n) is 10.3. The lowest BCUT2D eigenvalue weighted by Gasteiger charge is -2.37. The summed E-state index contributed by atoms with van der Waals surface area (Å²) >= 11 is 8.26. The van der Waals surface area contributed by atoms with Crippen molar-refractivity contribution in [2.45, 2.75) is 31.7 Å². The van der Waals surface area contributed by atoms with Crippen molar-refractivity contribution in [1.82, 2.24) is 4.90 Å². The van der Waals surface area contributed by atoms with Gasteiger partial charge < -0.3 is 5.73 Å². The van der Waals surface area contributed by atoms with Gasteiger partial charge in [-0.2, -0.15) is 11.8 Å². The monoisotopic (exact) mass is 270 g/mol. The van der Waals surface area contributed by atoms with Crippen molar-refractivity contribution >= 4 is 29.1 Å². The third kappa shape index (κ3) is 2.90. The zero-order valence-corrected chi connectivity index (χ0v) is 11.9. The summed E-state index contributed by atoms with van der Waals surface area (Å²) in [5.74, 6) is 1.19. The summed E-state index contributed by atoms with van der Waals surface area (Å²) < 4.78 is 0. The molecule has 1 saturated heterocycles. The molecule has 2 nitrogen and oxygen atoms in total. The highest BCUT2D eigenvalue weighted by Gasteiger charge is 2.25. The van der Waals surface area contributed by atoms with Crippen LogP contribution in [0.5, 0.6) is 0 Å². The Hall–Kier alpha value is -0.380. The van der Waals surface area contributed by atoms with Crippen molar-refractivity contribution in [3.05, 3.63) is 28.8 Å². The van der Waals surface area contributed by atoms with Crippen molar-refractivity contribution in [3.63, 3.8) is 0 Å². The first kappa shape index (κ1) is 13.1. The molecule has 2 atom stereocenters. The quantitative estimate of drug-likeness (QED) is 0.837. The van der Waals surface area contributed by atoms with Crippen LogP contribution in [0.3, 0.4) is 0 Å². The molecule has 0 spiro atoms. The smallest absolute Gasteiger partial charge is 0.0471 e. The average Bonchev–Trinajstić information content (AvgIpc) is 2.29. The second-order valence-corrected chi connectivity index (χ2v) is 6.49. The van der Waals surface area contributed by atoms with E-state index in [1.165, 1.54) is 5.75 Å². The molecule has 94 valence electrons. The number of hydrogen-bond acceptors (Lipinski definition) is 3. The number of halogens is 1. The molecule has 0 amide bonds. The van der Waals surface area contributed by atoms with E-state index in [-0.39, 0.29) is 0 Å². The van der Waals surface area contributed by atoms with Crippen LogP contribution in [0, 0.1) is 0 Å². The Morgan fingerprint density at radius 1 is 1.47 bits per heavy atom. The highest BCUT2D eigenvalue weighted by Crippen LogP contribution is 2.29. The van der Waals surface area contributed by atoms with E-state index in [0.717, 1.165) is 29.4 Å². The molecule has 1 heterocycles. The summed E-state index contributed by atoms with van der Waals surface area (Å²) in [5.41, 5.74) is 7.87. The van der Waals surface area contributed by atoms with Gasteiger partial charge in [0.2, 0.25) is 0 Å². The van der Waals surface area contributed by atoms with Gasteiger partial charge in [-0.3, -0.25) is 4.90 Å². The molecule has 0 bridgehead atoms. The van der Waals surface area contributed by atoms with Gasteiger partial charge in [-0.25, -0.2) is 0 Å². The highest BCUT2D eigenvalue weighted by atomic mass is 35.5. The van der Waals surface area contributed by atoms with Gasteiger partial charge in [-0.1, -0.05) is 24.6 Å². The van der Waals surface area contributed by atoms with Gasteiger partial charge in [0.25, 0.3) is 0 Å².